The van der Waals surface area contributed by atoms with Gasteiger partial charge in [0, 0.05) is 16.2 Å². The molecule has 0 fully saturated rings. The lowest BCUT2D eigenvalue weighted by Crippen LogP contribution is -2.43. The van der Waals surface area contributed by atoms with Gasteiger partial charge in [0.1, 0.15) is 9.79 Å². The van der Waals surface area contributed by atoms with E-state index in [4.69, 9.17) is 0 Å². The van der Waals surface area contributed by atoms with E-state index < -0.39 is 10.7 Å². The van der Waals surface area contributed by atoms with Gasteiger partial charge in [-0.15, -0.1) is 0 Å². The quantitative estimate of drug-likeness (QED) is 0.603. The first-order valence-electron chi connectivity index (χ1n) is 8.11. The van der Waals surface area contributed by atoms with Gasteiger partial charge in [0.05, 0.1) is 11.2 Å². The number of para-hydroxylation sites is 1. The zero-order valence-corrected chi connectivity index (χ0v) is 15.1. The maximum atomic E-state index is 12.6. The number of pyridine rings is 1. The first-order chi connectivity index (χ1) is 11.8. The molecule has 6 nitrogen and oxygen atoms in total. The van der Waals surface area contributed by atoms with Crippen molar-refractivity contribution in [2.75, 3.05) is 6.54 Å². The molecule has 1 aliphatic heterocycles. The number of aromatic nitrogens is 1. The number of fused-ring (bicyclic) bond motifs is 1. The molecule has 0 unspecified atom stereocenters. The molecule has 2 heterocycles. The van der Waals surface area contributed by atoms with Gasteiger partial charge in [0.15, 0.2) is 0 Å². The van der Waals surface area contributed by atoms with Crippen molar-refractivity contribution in [3.8, 4) is 0 Å². The van der Waals surface area contributed by atoms with Crippen molar-refractivity contribution in [1.82, 2.24) is 4.98 Å². The summed E-state index contributed by atoms with van der Waals surface area (Å²) in [6.07, 6.45) is 0. The van der Waals surface area contributed by atoms with E-state index in [9.17, 15) is 14.9 Å². The van der Waals surface area contributed by atoms with Crippen molar-refractivity contribution in [3.05, 3.63) is 52.2 Å². The number of carbonyl (C=O) groups is 1. The summed E-state index contributed by atoms with van der Waals surface area (Å²) in [6.45, 7) is 5.31. The standard InChI is InChI=1S/C18H19N3O3S/c1-11(2)13(10-21(23)24)18(3)17(22)20-16(25-18)15-9-8-12-6-4-5-7-14(12)19-15/h4-9,11,13H,10H2,1-3H3/t13-,18-/m1/s1. The third-order valence-electron chi connectivity index (χ3n) is 4.61. The van der Waals surface area contributed by atoms with Gasteiger partial charge in [0.25, 0.3) is 5.91 Å². The smallest absolute Gasteiger partial charge is 0.263 e. The number of thioether (sulfide) groups is 1. The van der Waals surface area contributed by atoms with Gasteiger partial charge in [-0.1, -0.05) is 49.9 Å². The summed E-state index contributed by atoms with van der Waals surface area (Å²) >= 11 is 1.29. The Hall–Kier alpha value is -2.28. The first kappa shape index (κ1) is 17.5. The lowest BCUT2D eigenvalue weighted by atomic mass is 9.83. The summed E-state index contributed by atoms with van der Waals surface area (Å²) in [6, 6.07) is 11.5. The van der Waals surface area contributed by atoms with E-state index in [0.29, 0.717) is 10.7 Å². The molecule has 0 saturated heterocycles. The van der Waals surface area contributed by atoms with E-state index >= 15 is 0 Å². The Morgan fingerprint density at radius 3 is 2.64 bits per heavy atom. The molecule has 0 aliphatic carbocycles. The van der Waals surface area contributed by atoms with Gasteiger partial charge < -0.3 is 0 Å². The number of nitro groups is 1. The van der Waals surface area contributed by atoms with Crippen LogP contribution in [-0.2, 0) is 4.79 Å². The Labute approximate surface area is 149 Å². The number of rotatable bonds is 5. The number of carbonyl (C=O) groups excluding carboxylic acids is 1. The van der Waals surface area contributed by atoms with E-state index in [-0.39, 0.29) is 23.3 Å². The summed E-state index contributed by atoms with van der Waals surface area (Å²) in [5.74, 6) is -0.726. The molecule has 1 amide bonds. The Bertz CT molecular complexity index is 881. The van der Waals surface area contributed by atoms with Crippen molar-refractivity contribution in [3.63, 3.8) is 0 Å². The third-order valence-corrected chi connectivity index (χ3v) is 6.01. The highest BCUT2D eigenvalue weighted by Crippen LogP contribution is 2.44. The second-order valence-corrected chi connectivity index (χ2v) is 8.13. The predicted octanol–water partition coefficient (Wildman–Crippen LogP) is 3.56. The molecular formula is C18H19N3O3S. The second kappa shape index (κ2) is 6.55. The molecular weight excluding hydrogens is 338 g/mol. The van der Waals surface area contributed by atoms with Crippen LogP contribution in [0.2, 0.25) is 0 Å². The number of nitrogens with zero attached hydrogens (tertiary/aromatic N) is 3. The Morgan fingerprint density at radius 2 is 1.96 bits per heavy atom. The molecule has 130 valence electrons. The van der Waals surface area contributed by atoms with Crippen molar-refractivity contribution < 1.29 is 9.72 Å². The van der Waals surface area contributed by atoms with E-state index in [2.05, 4.69) is 9.98 Å². The SMILES string of the molecule is CC(C)[C@@H](C[N+](=O)[O-])[C@@]1(C)SC(c2ccc3ccccc3n2)=NC1=O. The van der Waals surface area contributed by atoms with Crippen LogP contribution >= 0.6 is 11.8 Å². The van der Waals surface area contributed by atoms with E-state index in [1.807, 2.05) is 50.2 Å². The molecule has 0 radical (unpaired) electrons. The molecule has 2 atom stereocenters. The highest BCUT2D eigenvalue weighted by atomic mass is 32.2. The van der Waals surface area contributed by atoms with Gasteiger partial charge >= 0.3 is 0 Å². The van der Waals surface area contributed by atoms with E-state index in [0.717, 1.165) is 10.9 Å². The Kier molecular flexibility index (Phi) is 4.60. The summed E-state index contributed by atoms with van der Waals surface area (Å²) < 4.78 is -0.941. The molecule has 2 aromatic rings. The molecule has 0 bridgehead atoms. The van der Waals surface area contributed by atoms with Gasteiger partial charge in [0.2, 0.25) is 6.54 Å². The average Bonchev–Trinajstić information content (AvgIpc) is 2.88. The van der Waals surface area contributed by atoms with Crippen molar-refractivity contribution in [2.24, 2.45) is 16.8 Å². The molecule has 1 aromatic carbocycles. The molecule has 0 spiro atoms. The van der Waals surface area contributed by atoms with Gasteiger partial charge in [-0.25, -0.2) is 9.98 Å². The van der Waals surface area contributed by atoms with Crippen LogP contribution in [0.3, 0.4) is 0 Å². The molecule has 0 N–H and O–H groups in total. The van der Waals surface area contributed by atoms with Crippen molar-refractivity contribution in [1.29, 1.82) is 0 Å². The van der Waals surface area contributed by atoms with Crippen LogP contribution in [0.4, 0.5) is 0 Å². The Morgan fingerprint density at radius 1 is 1.24 bits per heavy atom. The average molecular weight is 357 g/mol. The predicted molar refractivity (Wildman–Crippen MR) is 99.5 cm³/mol. The molecule has 25 heavy (non-hydrogen) atoms. The second-order valence-electron chi connectivity index (χ2n) is 6.69. The summed E-state index contributed by atoms with van der Waals surface area (Å²) in [4.78, 5) is 32.1. The highest BCUT2D eigenvalue weighted by molar-refractivity contribution is 8.16. The minimum Gasteiger partial charge on any atom is -0.271 e. The van der Waals surface area contributed by atoms with Gasteiger partial charge in [-0.3, -0.25) is 14.9 Å². The number of benzene rings is 1. The van der Waals surface area contributed by atoms with E-state index in [1.165, 1.54) is 11.8 Å². The van der Waals surface area contributed by atoms with Crippen LogP contribution in [0.25, 0.3) is 10.9 Å². The normalized spacial score (nSPS) is 21.6. The fourth-order valence-electron chi connectivity index (χ4n) is 3.18. The lowest BCUT2D eigenvalue weighted by Gasteiger charge is -2.30. The van der Waals surface area contributed by atoms with Crippen LogP contribution in [0.5, 0.6) is 0 Å². The number of hydrogen-bond donors (Lipinski definition) is 0. The minimum absolute atomic E-state index is 0.00837. The molecule has 7 heteroatoms. The Balaban J connectivity index is 1.93. The number of aliphatic imine (C=N–C) groups is 1. The molecule has 0 saturated carbocycles. The topological polar surface area (TPSA) is 85.5 Å². The fraction of sp³-hybridized carbons (Fsp3) is 0.389. The number of amides is 1. The molecule has 3 rings (SSSR count). The van der Waals surface area contributed by atoms with Crippen LogP contribution in [0.15, 0.2) is 41.4 Å². The van der Waals surface area contributed by atoms with Crippen molar-refractivity contribution in [2.45, 2.75) is 25.5 Å². The number of hydrogen-bond acceptors (Lipinski definition) is 5. The monoisotopic (exact) mass is 357 g/mol. The molecule has 1 aromatic heterocycles. The van der Waals surface area contributed by atoms with E-state index in [1.54, 1.807) is 6.92 Å². The van der Waals surface area contributed by atoms with Crippen LogP contribution in [0.1, 0.15) is 26.5 Å². The summed E-state index contributed by atoms with van der Waals surface area (Å²) in [5.41, 5.74) is 1.46. The maximum absolute atomic E-state index is 12.6. The van der Waals surface area contributed by atoms with Crippen LogP contribution in [0, 0.1) is 22.0 Å². The summed E-state index contributed by atoms with van der Waals surface area (Å²) in [7, 11) is 0. The first-order valence-corrected chi connectivity index (χ1v) is 8.93. The highest BCUT2D eigenvalue weighted by Gasteiger charge is 2.50. The molecule has 1 aliphatic rings. The zero-order chi connectivity index (χ0) is 18.2. The van der Waals surface area contributed by atoms with Crippen molar-refractivity contribution >= 4 is 33.6 Å². The lowest BCUT2D eigenvalue weighted by molar-refractivity contribution is -0.490. The maximum Gasteiger partial charge on any atom is 0.263 e. The van der Waals surface area contributed by atoms with Gasteiger partial charge in [-0.2, -0.15) is 0 Å². The van der Waals surface area contributed by atoms with Crippen LogP contribution < -0.4 is 0 Å². The van der Waals surface area contributed by atoms with Crippen LogP contribution in [-0.4, -0.2) is 32.1 Å². The van der Waals surface area contributed by atoms with Gasteiger partial charge in [-0.05, 0) is 25.0 Å². The fourth-order valence-corrected chi connectivity index (χ4v) is 4.56. The zero-order valence-electron chi connectivity index (χ0n) is 14.3. The minimum atomic E-state index is -0.941. The largest absolute Gasteiger partial charge is 0.271 e. The summed E-state index contributed by atoms with van der Waals surface area (Å²) in [5, 5.41) is 12.6. The third kappa shape index (κ3) is 3.28.